The summed E-state index contributed by atoms with van der Waals surface area (Å²) < 4.78 is 5.57. The fraction of sp³-hybridized carbons (Fsp3) is 0. The number of benzene rings is 1. The summed E-state index contributed by atoms with van der Waals surface area (Å²) in [6.45, 7) is 0. The van der Waals surface area contributed by atoms with Crippen molar-refractivity contribution in [2.75, 3.05) is 5.32 Å². The number of hydrogen-bond acceptors (Lipinski definition) is 4. The first-order valence-electron chi connectivity index (χ1n) is 6.03. The minimum Gasteiger partial charge on any atom is -0.462 e. The number of amides is 3. The van der Waals surface area contributed by atoms with Crippen LogP contribution in [0.4, 0.5) is 9.80 Å². The second-order valence-corrected chi connectivity index (χ2v) is 5.41. The van der Waals surface area contributed by atoms with Gasteiger partial charge in [0.1, 0.15) is 5.00 Å². The molecule has 0 aliphatic carbocycles. The SMILES string of the molecule is NC(=O)Nc1sc(-c2occ3ccccc23)cc1C(N)=O. The van der Waals surface area contributed by atoms with Crippen molar-refractivity contribution in [1.82, 2.24) is 0 Å². The molecule has 21 heavy (non-hydrogen) atoms. The molecule has 0 saturated heterocycles. The predicted octanol–water partition coefficient (Wildman–Crippen LogP) is 2.75. The highest BCUT2D eigenvalue weighted by Crippen LogP contribution is 2.39. The van der Waals surface area contributed by atoms with Crippen molar-refractivity contribution in [3.8, 4) is 10.6 Å². The number of carbonyl (C=O) groups is 2. The first-order chi connectivity index (χ1) is 10.1. The molecule has 0 fully saturated rings. The fourth-order valence-electron chi connectivity index (χ4n) is 2.07. The van der Waals surface area contributed by atoms with Gasteiger partial charge in [0.25, 0.3) is 5.91 Å². The van der Waals surface area contributed by atoms with Crippen LogP contribution in [0.15, 0.2) is 41.0 Å². The summed E-state index contributed by atoms with van der Waals surface area (Å²) in [6, 6.07) is 8.48. The van der Waals surface area contributed by atoms with Gasteiger partial charge in [-0.15, -0.1) is 11.3 Å². The Kier molecular flexibility index (Phi) is 3.11. The van der Waals surface area contributed by atoms with E-state index in [1.807, 2.05) is 24.3 Å². The van der Waals surface area contributed by atoms with Gasteiger partial charge in [0.15, 0.2) is 5.76 Å². The molecule has 3 amide bonds. The molecule has 1 aromatic carbocycles. The van der Waals surface area contributed by atoms with E-state index >= 15 is 0 Å². The van der Waals surface area contributed by atoms with Crippen LogP contribution in [-0.4, -0.2) is 11.9 Å². The maximum atomic E-state index is 11.5. The van der Waals surface area contributed by atoms with E-state index in [9.17, 15) is 9.59 Å². The number of primary amides is 2. The Balaban J connectivity index is 2.14. The highest BCUT2D eigenvalue weighted by Gasteiger charge is 2.19. The third-order valence-corrected chi connectivity index (χ3v) is 4.02. The van der Waals surface area contributed by atoms with Crippen LogP contribution in [-0.2, 0) is 0 Å². The quantitative estimate of drug-likeness (QED) is 0.691. The van der Waals surface area contributed by atoms with Crippen molar-refractivity contribution in [3.05, 3.63) is 42.2 Å². The van der Waals surface area contributed by atoms with Gasteiger partial charge < -0.3 is 15.9 Å². The smallest absolute Gasteiger partial charge is 0.317 e. The summed E-state index contributed by atoms with van der Waals surface area (Å²) in [6.07, 6.45) is 1.63. The van der Waals surface area contributed by atoms with E-state index in [0.29, 0.717) is 15.6 Å². The molecule has 6 nitrogen and oxygen atoms in total. The minimum atomic E-state index is -0.754. The number of anilines is 1. The van der Waals surface area contributed by atoms with Crippen molar-refractivity contribution in [2.24, 2.45) is 11.5 Å². The molecule has 2 heterocycles. The molecule has 0 aliphatic heterocycles. The van der Waals surface area contributed by atoms with Crippen LogP contribution in [0.5, 0.6) is 0 Å². The number of furan rings is 1. The van der Waals surface area contributed by atoms with Crippen LogP contribution in [0.2, 0.25) is 0 Å². The van der Waals surface area contributed by atoms with Crippen LogP contribution in [0.1, 0.15) is 10.4 Å². The number of nitrogens with two attached hydrogens (primary N) is 2. The number of hydrogen-bond donors (Lipinski definition) is 3. The lowest BCUT2D eigenvalue weighted by atomic mass is 10.1. The van der Waals surface area contributed by atoms with E-state index in [1.165, 1.54) is 11.3 Å². The van der Waals surface area contributed by atoms with Crippen molar-refractivity contribution in [2.45, 2.75) is 0 Å². The molecule has 5 N–H and O–H groups in total. The molecule has 3 aromatic rings. The molecular formula is C14H11N3O3S. The minimum absolute atomic E-state index is 0.203. The summed E-state index contributed by atoms with van der Waals surface area (Å²) in [5.41, 5.74) is 10.6. The largest absolute Gasteiger partial charge is 0.462 e. The number of thiophene rings is 1. The Labute approximate surface area is 123 Å². The molecule has 0 atom stereocenters. The van der Waals surface area contributed by atoms with E-state index in [0.717, 1.165) is 10.8 Å². The molecule has 7 heteroatoms. The summed E-state index contributed by atoms with van der Waals surface area (Å²) in [4.78, 5) is 23.1. The summed E-state index contributed by atoms with van der Waals surface area (Å²) in [5.74, 6) is -0.0206. The Morgan fingerprint density at radius 2 is 1.95 bits per heavy atom. The van der Waals surface area contributed by atoms with Gasteiger partial charge in [0.2, 0.25) is 0 Å². The summed E-state index contributed by atoms with van der Waals surface area (Å²) >= 11 is 1.18. The van der Waals surface area contributed by atoms with Crippen LogP contribution in [0, 0.1) is 0 Å². The van der Waals surface area contributed by atoms with Crippen molar-refractivity contribution < 1.29 is 14.0 Å². The number of nitrogens with one attached hydrogen (secondary N) is 1. The fourth-order valence-corrected chi connectivity index (χ4v) is 3.14. The highest BCUT2D eigenvalue weighted by molar-refractivity contribution is 7.20. The van der Waals surface area contributed by atoms with E-state index in [2.05, 4.69) is 5.32 Å². The van der Waals surface area contributed by atoms with Crippen molar-refractivity contribution in [1.29, 1.82) is 0 Å². The first-order valence-corrected chi connectivity index (χ1v) is 6.84. The zero-order valence-electron chi connectivity index (χ0n) is 10.8. The third kappa shape index (κ3) is 2.34. The third-order valence-electron chi connectivity index (χ3n) is 2.97. The Hall–Kier alpha value is -2.80. The van der Waals surface area contributed by atoms with E-state index in [-0.39, 0.29) is 5.56 Å². The number of urea groups is 1. The lowest BCUT2D eigenvalue weighted by Crippen LogP contribution is -2.21. The molecule has 2 aromatic heterocycles. The maximum Gasteiger partial charge on any atom is 0.317 e. The Bertz CT molecular complexity index is 850. The molecule has 106 valence electrons. The topological polar surface area (TPSA) is 111 Å². The van der Waals surface area contributed by atoms with Gasteiger partial charge >= 0.3 is 6.03 Å². The number of carbonyl (C=O) groups excluding carboxylic acids is 2. The lowest BCUT2D eigenvalue weighted by Gasteiger charge is -1.98. The highest BCUT2D eigenvalue weighted by atomic mass is 32.1. The zero-order chi connectivity index (χ0) is 15.0. The monoisotopic (exact) mass is 301 g/mol. The normalized spacial score (nSPS) is 10.7. The molecule has 3 rings (SSSR count). The predicted molar refractivity (Wildman–Crippen MR) is 81.3 cm³/mol. The standard InChI is InChI=1S/C14H11N3O3S/c15-12(18)9-5-10(21-13(9)17-14(16)19)11-8-4-2-1-3-7(8)6-20-11/h1-6H,(H2,15,18)(H3,16,17,19). The van der Waals surface area contributed by atoms with Gasteiger partial charge in [0.05, 0.1) is 16.7 Å². The van der Waals surface area contributed by atoms with Gasteiger partial charge in [0, 0.05) is 10.8 Å². The molecule has 0 aliphatic rings. The van der Waals surface area contributed by atoms with Crippen molar-refractivity contribution >= 4 is 39.0 Å². The average Bonchev–Trinajstić information content (AvgIpc) is 3.01. The van der Waals surface area contributed by atoms with E-state index < -0.39 is 11.9 Å². The molecule has 0 bridgehead atoms. The molecule has 0 saturated carbocycles. The van der Waals surface area contributed by atoms with Crippen LogP contribution in [0.25, 0.3) is 21.4 Å². The zero-order valence-corrected chi connectivity index (χ0v) is 11.6. The number of fused-ring (bicyclic) bond motifs is 1. The lowest BCUT2D eigenvalue weighted by molar-refractivity contribution is 0.100. The second kappa shape index (κ2) is 4.95. The van der Waals surface area contributed by atoms with Gasteiger partial charge in [-0.1, -0.05) is 24.3 Å². The molecule has 0 radical (unpaired) electrons. The first kappa shape index (κ1) is 13.2. The number of rotatable bonds is 3. The van der Waals surface area contributed by atoms with Crippen LogP contribution in [0.3, 0.4) is 0 Å². The van der Waals surface area contributed by atoms with Crippen LogP contribution < -0.4 is 16.8 Å². The van der Waals surface area contributed by atoms with E-state index in [1.54, 1.807) is 12.3 Å². The van der Waals surface area contributed by atoms with Gasteiger partial charge in [-0.3, -0.25) is 10.1 Å². The Morgan fingerprint density at radius 1 is 1.19 bits per heavy atom. The second-order valence-electron chi connectivity index (χ2n) is 4.36. The molecular weight excluding hydrogens is 290 g/mol. The van der Waals surface area contributed by atoms with Gasteiger partial charge in [-0.05, 0) is 6.07 Å². The maximum absolute atomic E-state index is 11.5. The van der Waals surface area contributed by atoms with Gasteiger partial charge in [-0.25, -0.2) is 4.79 Å². The Morgan fingerprint density at radius 3 is 2.67 bits per heavy atom. The summed E-state index contributed by atoms with van der Waals surface area (Å²) in [5, 5.41) is 4.58. The molecule has 0 spiro atoms. The van der Waals surface area contributed by atoms with E-state index in [4.69, 9.17) is 15.9 Å². The van der Waals surface area contributed by atoms with Gasteiger partial charge in [-0.2, -0.15) is 0 Å². The van der Waals surface area contributed by atoms with Crippen molar-refractivity contribution in [3.63, 3.8) is 0 Å². The van der Waals surface area contributed by atoms with Crippen LogP contribution >= 0.6 is 11.3 Å². The average molecular weight is 301 g/mol. The molecule has 0 unspecified atom stereocenters. The summed E-state index contributed by atoms with van der Waals surface area (Å²) in [7, 11) is 0.